The average Bonchev–Trinajstić information content (AvgIpc) is 3.21. The molecular weight excluding hydrogens is 768 g/mol. The minimum absolute atomic E-state index is 0. The summed E-state index contributed by atoms with van der Waals surface area (Å²) in [6.07, 6.45) is 2.84. The van der Waals surface area contributed by atoms with Crippen LogP contribution in [-0.2, 0) is 24.3 Å². The van der Waals surface area contributed by atoms with Gasteiger partial charge in [-0.3, -0.25) is 6.79 Å². The molecule has 262 valence electrons. The summed E-state index contributed by atoms with van der Waals surface area (Å²) in [7, 11) is -1.02. The topological polar surface area (TPSA) is 88.5 Å². The predicted octanol–water partition coefficient (Wildman–Crippen LogP) is 9.24. The van der Waals surface area contributed by atoms with Gasteiger partial charge >= 0.3 is 19.5 Å². The molecule has 51 heavy (non-hydrogen) atoms. The van der Waals surface area contributed by atoms with Crippen LogP contribution in [-0.4, -0.2) is 44.9 Å². The molecule has 0 aliphatic rings. The molecule has 0 radical (unpaired) electrons. The quantitative estimate of drug-likeness (QED) is 0.0525. The van der Waals surface area contributed by atoms with Gasteiger partial charge in [0.2, 0.25) is 0 Å². The first kappa shape index (κ1) is 43.9. The third-order valence-electron chi connectivity index (χ3n) is 7.41. The molecule has 0 fully saturated rings. The summed E-state index contributed by atoms with van der Waals surface area (Å²) < 4.78 is 0. The van der Waals surface area contributed by atoms with Crippen molar-refractivity contribution < 1.29 is 24.3 Å². The van der Waals surface area contributed by atoms with Gasteiger partial charge in [-0.1, -0.05) is 182 Å². The van der Waals surface area contributed by atoms with Crippen LogP contribution in [0.5, 0.6) is 0 Å². The second kappa shape index (κ2) is 27.4. The monoisotopic (exact) mass is 815 g/mol. The molecule has 0 heterocycles. The van der Waals surface area contributed by atoms with Crippen LogP contribution in [0, 0.1) is 0 Å². The molecule has 8 heteroatoms. The Morgan fingerprint density at radius 1 is 0.314 bits per heavy atom. The molecule has 0 amide bonds. The van der Waals surface area contributed by atoms with Gasteiger partial charge in [0.15, 0.2) is 0 Å². The molecule has 0 saturated carbocycles. The van der Waals surface area contributed by atoms with Gasteiger partial charge in [0.25, 0.3) is 0 Å². The minimum atomic E-state index is -0.338. The Bertz CT molecular complexity index is 1350. The van der Waals surface area contributed by atoms with Crippen LogP contribution in [0.15, 0.2) is 182 Å². The summed E-state index contributed by atoms with van der Waals surface area (Å²) in [4.78, 5) is 7.75. The third kappa shape index (κ3) is 15.5. The standard InChI is InChI=1S/3C14H15NP.CHO.Ru/c3*15-11-12-16(13-7-3-1-4-8-13)14-9-5-2-6-10-14;1-2;/h3*1-10,15H,11-12H2;1H;/q4*-1;+4. The van der Waals surface area contributed by atoms with E-state index in [9.17, 15) is 0 Å². The molecule has 0 aliphatic heterocycles. The van der Waals surface area contributed by atoms with Gasteiger partial charge in [-0.05, 0) is 74.1 Å². The van der Waals surface area contributed by atoms with Crippen LogP contribution < -0.4 is 31.8 Å². The van der Waals surface area contributed by atoms with Gasteiger partial charge in [-0.25, -0.2) is 0 Å². The Morgan fingerprint density at radius 3 is 0.569 bits per heavy atom. The molecule has 6 aromatic carbocycles. The summed E-state index contributed by atoms with van der Waals surface area (Å²) >= 11 is 0. The molecule has 0 bridgehead atoms. The Labute approximate surface area is 322 Å². The molecule has 0 aromatic heterocycles. The van der Waals surface area contributed by atoms with Gasteiger partial charge in [-0.2, -0.15) is 0 Å². The molecule has 0 aliphatic carbocycles. The summed E-state index contributed by atoms with van der Waals surface area (Å²) in [5.74, 6) is 0. The van der Waals surface area contributed by atoms with Crippen LogP contribution in [0.1, 0.15) is 0 Å². The van der Waals surface area contributed by atoms with Gasteiger partial charge in [0, 0.05) is 0 Å². The van der Waals surface area contributed by atoms with Crippen LogP contribution >= 0.6 is 23.8 Å². The van der Waals surface area contributed by atoms with E-state index >= 15 is 0 Å². The van der Waals surface area contributed by atoms with E-state index in [1.807, 2.05) is 36.4 Å². The maximum atomic E-state index is 7.75. The van der Waals surface area contributed by atoms with E-state index in [2.05, 4.69) is 152 Å². The zero-order chi connectivity index (χ0) is 35.7. The van der Waals surface area contributed by atoms with E-state index < -0.39 is 0 Å². The van der Waals surface area contributed by atoms with Crippen molar-refractivity contribution in [3.63, 3.8) is 0 Å². The van der Waals surface area contributed by atoms with E-state index in [0.717, 1.165) is 18.5 Å². The van der Waals surface area contributed by atoms with E-state index in [1.54, 1.807) is 0 Å². The molecule has 4 nitrogen and oxygen atoms in total. The minimum Gasteiger partial charge on any atom is -0.677 e. The summed E-state index contributed by atoms with van der Waals surface area (Å²) in [6.45, 7) is 4.74. The number of hydrogen-bond acceptors (Lipinski definition) is 1. The van der Waals surface area contributed by atoms with E-state index in [0.29, 0.717) is 19.6 Å². The van der Waals surface area contributed by atoms with Crippen LogP contribution in [0.25, 0.3) is 17.2 Å². The summed E-state index contributed by atoms with van der Waals surface area (Å²) in [5.41, 5.74) is 22.3. The number of benzene rings is 6. The third-order valence-corrected chi connectivity index (χ3v) is 15.0. The molecule has 0 spiro atoms. The number of nitrogens with one attached hydrogen (secondary N) is 3. The van der Waals surface area contributed by atoms with Crippen molar-refractivity contribution in [1.29, 1.82) is 0 Å². The maximum Gasteiger partial charge on any atom is 4.00 e. The smallest absolute Gasteiger partial charge is 0.677 e. The Balaban J connectivity index is 0.000000256. The first-order valence-corrected chi connectivity index (χ1v) is 21.1. The molecule has 6 rings (SSSR count). The second-order valence-corrected chi connectivity index (χ2v) is 17.7. The van der Waals surface area contributed by atoms with Crippen molar-refractivity contribution in [2.75, 3.05) is 38.1 Å². The SMILES string of the molecule is [CH-]=O.[NH-]CCP(c1ccccc1)c1ccccc1.[NH-]CCP(c1ccccc1)c1ccccc1.[NH-]CCP(c1ccccc1)c1ccccc1.[Ru+4]. The Morgan fingerprint density at radius 2 is 0.451 bits per heavy atom. The zero-order valence-corrected chi connectivity index (χ0v) is 33.2. The molecule has 0 atom stereocenters. The van der Waals surface area contributed by atoms with Gasteiger partial charge in [-0.15, -0.1) is 19.6 Å². The van der Waals surface area contributed by atoms with Crippen molar-refractivity contribution in [2.24, 2.45) is 0 Å². The van der Waals surface area contributed by atoms with E-state index in [-0.39, 0.29) is 43.2 Å². The van der Waals surface area contributed by atoms with Crippen molar-refractivity contribution in [3.05, 3.63) is 199 Å². The zero-order valence-electron chi connectivity index (χ0n) is 28.7. The van der Waals surface area contributed by atoms with Gasteiger partial charge in [0.05, 0.1) is 0 Å². The Hall–Kier alpha value is -3.22. The normalized spacial score (nSPS) is 10.1. The molecule has 0 unspecified atom stereocenters. The van der Waals surface area contributed by atoms with Gasteiger partial charge in [0.1, 0.15) is 0 Å². The Kier molecular flexibility index (Phi) is 23.6. The first-order valence-electron chi connectivity index (χ1n) is 16.6. The van der Waals surface area contributed by atoms with Crippen LogP contribution in [0.4, 0.5) is 0 Å². The fourth-order valence-corrected chi connectivity index (χ4v) is 11.5. The fraction of sp³-hybridized carbons (Fsp3) is 0.140. The van der Waals surface area contributed by atoms with Crippen LogP contribution in [0.3, 0.4) is 0 Å². The average molecular weight is 815 g/mol. The van der Waals surface area contributed by atoms with Crippen molar-refractivity contribution in [3.8, 4) is 0 Å². The largest absolute Gasteiger partial charge is 4.00 e. The fourth-order valence-electron chi connectivity index (χ4n) is 5.20. The first-order chi connectivity index (χ1) is 24.7. The maximum absolute atomic E-state index is 7.75. The predicted molar refractivity (Wildman–Crippen MR) is 226 cm³/mol. The summed E-state index contributed by atoms with van der Waals surface area (Å²) in [5, 5.41) is 8.23. The van der Waals surface area contributed by atoms with E-state index in [1.165, 1.54) is 31.8 Å². The van der Waals surface area contributed by atoms with Crippen LogP contribution in [0.2, 0.25) is 0 Å². The molecule has 3 N–H and O–H groups in total. The van der Waals surface area contributed by atoms with Crippen molar-refractivity contribution >= 4 is 62.4 Å². The number of rotatable bonds is 12. The van der Waals surface area contributed by atoms with Gasteiger partial charge < -0.3 is 22.0 Å². The molecular formula is C43H46N3OP3Ru. The molecule has 6 aromatic rings. The molecule has 0 saturated heterocycles. The number of carbonyl (C=O) groups excluding carboxylic acids is 1. The van der Waals surface area contributed by atoms with Crippen molar-refractivity contribution in [2.45, 2.75) is 0 Å². The number of hydrogen-bond donors (Lipinski definition) is 0. The van der Waals surface area contributed by atoms with E-state index in [4.69, 9.17) is 22.0 Å². The van der Waals surface area contributed by atoms with Crippen molar-refractivity contribution in [1.82, 2.24) is 0 Å². The second-order valence-electron chi connectivity index (χ2n) is 10.7. The summed E-state index contributed by atoms with van der Waals surface area (Å²) in [6, 6.07) is 63.3.